The Labute approximate surface area is 178 Å². The van der Waals surface area contributed by atoms with Crippen molar-refractivity contribution in [2.24, 2.45) is 0 Å². The number of alkyl halides is 1. The molecule has 27 heavy (non-hydrogen) atoms. The van der Waals surface area contributed by atoms with Crippen molar-refractivity contribution < 1.29 is 9.53 Å². The molecule has 0 N–H and O–H groups in total. The number of halogens is 1. The van der Waals surface area contributed by atoms with Crippen molar-refractivity contribution in [1.82, 2.24) is 0 Å². The van der Waals surface area contributed by atoms with Crippen LogP contribution in [-0.4, -0.2) is 16.9 Å². The van der Waals surface area contributed by atoms with Gasteiger partial charge in [-0.25, -0.2) is 0 Å². The fraction of sp³-hybridized carbons (Fsp3) is 0.958. The minimum Gasteiger partial charge on any atom is -0.460 e. The molecule has 0 saturated carbocycles. The molecule has 0 radical (unpaired) electrons. The third kappa shape index (κ3) is 23.9. The van der Waals surface area contributed by atoms with Crippen LogP contribution in [0.5, 0.6) is 0 Å². The second kappa shape index (κ2) is 19.3. The van der Waals surface area contributed by atoms with E-state index in [4.69, 9.17) is 4.74 Å². The molecule has 0 heterocycles. The van der Waals surface area contributed by atoms with Crippen LogP contribution in [0.3, 0.4) is 0 Å². The summed E-state index contributed by atoms with van der Waals surface area (Å²) in [7, 11) is 0. The predicted molar refractivity (Wildman–Crippen MR) is 123 cm³/mol. The fourth-order valence-electron chi connectivity index (χ4n) is 3.41. The number of carbonyl (C=O) groups excluding carboxylic acids is 1. The SMILES string of the molecule is CC(C)(C)OC(=O)CCCCCCCCCCCCCCCCCCCBr. The smallest absolute Gasteiger partial charge is 0.306 e. The Bertz CT molecular complexity index is 323. The number of unbranched alkanes of at least 4 members (excludes halogenated alkanes) is 16. The first-order valence-corrected chi connectivity index (χ1v) is 12.9. The van der Waals surface area contributed by atoms with Gasteiger partial charge in [0.05, 0.1) is 0 Å². The lowest BCUT2D eigenvalue weighted by molar-refractivity contribution is -0.154. The van der Waals surface area contributed by atoms with Gasteiger partial charge >= 0.3 is 5.97 Å². The van der Waals surface area contributed by atoms with Crippen molar-refractivity contribution in [3.63, 3.8) is 0 Å². The van der Waals surface area contributed by atoms with E-state index in [-0.39, 0.29) is 11.6 Å². The first-order valence-electron chi connectivity index (χ1n) is 11.7. The fourth-order valence-corrected chi connectivity index (χ4v) is 3.80. The molecule has 0 unspecified atom stereocenters. The van der Waals surface area contributed by atoms with Crippen molar-refractivity contribution in [2.75, 3.05) is 5.33 Å². The van der Waals surface area contributed by atoms with Crippen LogP contribution < -0.4 is 0 Å². The van der Waals surface area contributed by atoms with Crippen LogP contribution in [0.15, 0.2) is 0 Å². The second-order valence-corrected chi connectivity index (χ2v) is 9.83. The monoisotopic (exact) mass is 446 g/mol. The summed E-state index contributed by atoms with van der Waals surface area (Å²) >= 11 is 3.49. The molecule has 0 fully saturated rings. The maximum absolute atomic E-state index is 11.6. The molecule has 0 atom stereocenters. The molecule has 0 aromatic rings. The van der Waals surface area contributed by atoms with Crippen molar-refractivity contribution in [3.05, 3.63) is 0 Å². The van der Waals surface area contributed by atoms with Crippen LogP contribution >= 0.6 is 15.9 Å². The van der Waals surface area contributed by atoms with Crippen LogP contribution in [0.25, 0.3) is 0 Å². The van der Waals surface area contributed by atoms with Crippen LogP contribution in [0, 0.1) is 0 Å². The molecule has 0 spiro atoms. The summed E-state index contributed by atoms with van der Waals surface area (Å²) < 4.78 is 5.33. The van der Waals surface area contributed by atoms with Crippen LogP contribution in [0.1, 0.15) is 136 Å². The van der Waals surface area contributed by atoms with Gasteiger partial charge in [0, 0.05) is 11.8 Å². The molecule has 0 amide bonds. The summed E-state index contributed by atoms with van der Waals surface area (Å²) in [5.41, 5.74) is -0.343. The average Bonchev–Trinajstić information content (AvgIpc) is 2.59. The summed E-state index contributed by atoms with van der Waals surface area (Å²) in [6.45, 7) is 5.79. The highest BCUT2D eigenvalue weighted by atomic mass is 79.9. The third-order valence-electron chi connectivity index (χ3n) is 4.93. The number of ether oxygens (including phenoxy) is 1. The topological polar surface area (TPSA) is 26.3 Å². The van der Waals surface area contributed by atoms with Crippen LogP contribution in [-0.2, 0) is 9.53 Å². The molecule has 162 valence electrons. The van der Waals surface area contributed by atoms with E-state index in [1.807, 2.05) is 20.8 Å². The van der Waals surface area contributed by atoms with Gasteiger partial charge < -0.3 is 4.74 Å². The molecule has 0 aromatic carbocycles. The van der Waals surface area contributed by atoms with E-state index in [1.54, 1.807) is 0 Å². The van der Waals surface area contributed by atoms with Crippen molar-refractivity contribution in [1.29, 1.82) is 0 Å². The summed E-state index contributed by atoms with van der Waals surface area (Å²) in [5.74, 6) is -0.0443. The van der Waals surface area contributed by atoms with Gasteiger partial charge in [-0.15, -0.1) is 0 Å². The lowest BCUT2D eigenvalue weighted by Gasteiger charge is -2.19. The Morgan fingerprint density at radius 3 is 1.19 bits per heavy atom. The zero-order valence-electron chi connectivity index (χ0n) is 18.6. The molecule has 0 aliphatic rings. The Morgan fingerprint density at radius 2 is 0.889 bits per heavy atom. The second-order valence-electron chi connectivity index (χ2n) is 9.04. The van der Waals surface area contributed by atoms with Gasteiger partial charge in [0.2, 0.25) is 0 Å². The average molecular weight is 448 g/mol. The highest BCUT2D eigenvalue weighted by Crippen LogP contribution is 2.15. The number of esters is 1. The Morgan fingerprint density at radius 1 is 0.593 bits per heavy atom. The van der Waals surface area contributed by atoms with Crippen molar-refractivity contribution in [3.8, 4) is 0 Å². The van der Waals surface area contributed by atoms with E-state index in [1.165, 1.54) is 102 Å². The highest BCUT2D eigenvalue weighted by Gasteiger charge is 2.15. The van der Waals surface area contributed by atoms with E-state index in [0.717, 1.165) is 12.8 Å². The number of hydrogen-bond donors (Lipinski definition) is 0. The van der Waals surface area contributed by atoms with Gasteiger partial charge in [0.1, 0.15) is 5.60 Å². The van der Waals surface area contributed by atoms with Gasteiger partial charge in [0.25, 0.3) is 0 Å². The quantitative estimate of drug-likeness (QED) is 0.112. The van der Waals surface area contributed by atoms with E-state index in [0.29, 0.717) is 6.42 Å². The molecule has 0 saturated heterocycles. The highest BCUT2D eigenvalue weighted by molar-refractivity contribution is 9.09. The Balaban J connectivity index is 3.12. The maximum Gasteiger partial charge on any atom is 0.306 e. The molecule has 0 aliphatic heterocycles. The first-order chi connectivity index (χ1) is 13.0. The van der Waals surface area contributed by atoms with E-state index < -0.39 is 0 Å². The van der Waals surface area contributed by atoms with Crippen LogP contribution in [0.4, 0.5) is 0 Å². The third-order valence-corrected chi connectivity index (χ3v) is 5.50. The van der Waals surface area contributed by atoms with E-state index >= 15 is 0 Å². The zero-order chi connectivity index (χ0) is 20.2. The standard InChI is InChI=1S/C24H47BrO2/c1-24(2,3)27-23(26)21-19-17-15-13-11-9-7-5-4-6-8-10-12-14-16-18-20-22-25/h4-22H2,1-3H3. The molecular weight excluding hydrogens is 400 g/mol. The Kier molecular flexibility index (Phi) is 19.2. The first kappa shape index (κ1) is 27.0. The molecule has 0 bridgehead atoms. The molecule has 0 aliphatic carbocycles. The van der Waals surface area contributed by atoms with Gasteiger partial charge in [-0.3, -0.25) is 4.79 Å². The Hall–Kier alpha value is -0.0500. The number of rotatable bonds is 19. The van der Waals surface area contributed by atoms with E-state index in [2.05, 4.69) is 15.9 Å². The molecule has 0 rings (SSSR count). The van der Waals surface area contributed by atoms with Gasteiger partial charge in [-0.05, 0) is 33.6 Å². The van der Waals surface area contributed by atoms with Gasteiger partial charge in [-0.2, -0.15) is 0 Å². The summed E-state index contributed by atoms with van der Waals surface area (Å²) in [6, 6.07) is 0. The maximum atomic E-state index is 11.6. The minimum absolute atomic E-state index is 0.0443. The van der Waals surface area contributed by atoms with E-state index in [9.17, 15) is 4.79 Å². The molecule has 2 nitrogen and oxygen atoms in total. The molecular formula is C24H47BrO2. The lowest BCUT2D eigenvalue weighted by Crippen LogP contribution is -2.23. The normalized spacial score (nSPS) is 11.7. The lowest BCUT2D eigenvalue weighted by atomic mass is 10.0. The summed E-state index contributed by atoms with van der Waals surface area (Å²) in [6.07, 6.45) is 23.7. The van der Waals surface area contributed by atoms with Crippen molar-refractivity contribution >= 4 is 21.9 Å². The zero-order valence-corrected chi connectivity index (χ0v) is 20.2. The summed E-state index contributed by atoms with van der Waals surface area (Å²) in [5, 5.41) is 1.17. The van der Waals surface area contributed by atoms with Crippen LogP contribution in [0.2, 0.25) is 0 Å². The molecule has 0 aromatic heterocycles. The van der Waals surface area contributed by atoms with Gasteiger partial charge in [-0.1, -0.05) is 112 Å². The minimum atomic E-state index is -0.343. The number of hydrogen-bond acceptors (Lipinski definition) is 2. The number of carbonyl (C=O) groups is 1. The summed E-state index contributed by atoms with van der Waals surface area (Å²) in [4.78, 5) is 11.6. The predicted octanol–water partition coefficient (Wildman–Crippen LogP) is 8.74. The molecule has 3 heteroatoms. The largest absolute Gasteiger partial charge is 0.460 e. The van der Waals surface area contributed by atoms with Crippen molar-refractivity contribution in [2.45, 2.75) is 142 Å². The van der Waals surface area contributed by atoms with Gasteiger partial charge in [0.15, 0.2) is 0 Å².